The third kappa shape index (κ3) is 6.00. The largest absolute Gasteiger partial charge is 0.309 e. The summed E-state index contributed by atoms with van der Waals surface area (Å²) in [5.74, 6) is 0.726. The van der Waals surface area contributed by atoms with Crippen molar-refractivity contribution in [2.75, 3.05) is 6.54 Å². The number of hydrogen-bond acceptors (Lipinski definition) is 2. The molecule has 0 amide bonds. The van der Waals surface area contributed by atoms with Crippen LogP contribution >= 0.6 is 0 Å². The predicted octanol–water partition coefficient (Wildman–Crippen LogP) is 12.8. The van der Waals surface area contributed by atoms with E-state index < -0.39 is 5.41 Å². The Hall–Kier alpha value is -7.10. The highest BCUT2D eigenvalue weighted by Crippen LogP contribution is 2.44. The summed E-state index contributed by atoms with van der Waals surface area (Å²) in [5.41, 5.74) is 13.3. The van der Waals surface area contributed by atoms with Crippen molar-refractivity contribution >= 4 is 33.4 Å². The minimum atomic E-state index is -0.543. The fourth-order valence-corrected chi connectivity index (χ4v) is 8.94. The van der Waals surface area contributed by atoms with Gasteiger partial charge in [-0.25, -0.2) is 4.99 Å². The lowest BCUT2D eigenvalue weighted by atomic mass is 9.66. The van der Waals surface area contributed by atoms with Gasteiger partial charge < -0.3 is 4.57 Å². The molecule has 3 heteroatoms. The zero-order chi connectivity index (χ0) is 38.2. The third-order valence-electron chi connectivity index (χ3n) is 11.8. The Morgan fingerprint density at radius 1 is 0.456 bits per heavy atom. The average molecular weight is 732 g/mol. The molecule has 1 aliphatic rings. The molecule has 0 aliphatic carbocycles. The summed E-state index contributed by atoms with van der Waals surface area (Å²) in [6.07, 6.45) is 0. The van der Waals surface area contributed by atoms with Gasteiger partial charge in [0.15, 0.2) is 5.84 Å². The highest BCUT2D eigenvalue weighted by atomic mass is 15.0. The molecular formula is C54H41N3. The van der Waals surface area contributed by atoms with Crippen LogP contribution in [0.5, 0.6) is 0 Å². The maximum Gasteiger partial charge on any atom is 0.154 e. The molecule has 272 valence electrons. The van der Waals surface area contributed by atoms with E-state index in [-0.39, 0.29) is 5.92 Å². The maximum absolute atomic E-state index is 5.55. The Morgan fingerprint density at radius 2 is 0.930 bits per heavy atom. The number of fused-ring (bicyclic) bond motifs is 4. The molecule has 0 N–H and O–H groups in total. The first-order chi connectivity index (χ1) is 28.2. The van der Waals surface area contributed by atoms with Gasteiger partial charge in [-0.1, -0.05) is 195 Å². The van der Waals surface area contributed by atoms with E-state index in [1.54, 1.807) is 0 Å². The topological polar surface area (TPSA) is 29.6 Å². The second-order valence-electron chi connectivity index (χ2n) is 14.9. The average Bonchev–Trinajstić information content (AvgIpc) is 3.65. The minimum absolute atomic E-state index is 0.00831. The van der Waals surface area contributed by atoms with E-state index in [1.807, 2.05) is 0 Å². The molecular weight excluding hydrogens is 691 g/mol. The number of para-hydroxylation sites is 2. The van der Waals surface area contributed by atoms with Crippen LogP contribution in [0, 0.1) is 0 Å². The number of nitrogens with zero attached hydrogens (tertiary/aromatic N) is 3. The van der Waals surface area contributed by atoms with E-state index in [0.29, 0.717) is 6.54 Å². The fourth-order valence-electron chi connectivity index (χ4n) is 8.94. The normalized spacial score (nSPS) is 17.0. The molecule has 0 bridgehead atoms. The van der Waals surface area contributed by atoms with Gasteiger partial charge in [0.1, 0.15) is 0 Å². The van der Waals surface area contributed by atoms with E-state index >= 15 is 0 Å². The molecule has 1 atom stereocenters. The van der Waals surface area contributed by atoms with Crippen molar-refractivity contribution in [1.82, 2.24) is 4.57 Å². The molecule has 2 heterocycles. The summed E-state index contributed by atoms with van der Waals surface area (Å²) in [6.45, 7) is 2.79. The predicted molar refractivity (Wildman–Crippen MR) is 238 cm³/mol. The summed E-state index contributed by atoms with van der Waals surface area (Å²) >= 11 is 0. The van der Waals surface area contributed by atoms with Crippen molar-refractivity contribution < 1.29 is 0 Å². The van der Waals surface area contributed by atoms with E-state index in [9.17, 15) is 0 Å². The molecule has 10 rings (SSSR count). The molecule has 1 aliphatic heterocycles. The van der Waals surface area contributed by atoms with Crippen molar-refractivity contribution in [2.45, 2.75) is 18.3 Å². The first-order valence-electron chi connectivity index (χ1n) is 19.8. The number of rotatable bonds is 6. The van der Waals surface area contributed by atoms with Crippen LogP contribution in [0.25, 0.3) is 38.6 Å². The quantitative estimate of drug-likeness (QED) is 0.163. The van der Waals surface area contributed by atoms with Crippen LogP contribution in [0.3, 0.4) is 0 Å². The van der Waals surface area contributed by atoms with Crippen LogP contribution in [0.15, 0.2) is 222 Å². The van der Waals surface area contributed by atoms with Crippen molar-refractivity contribution in [3.05, 3.63) is 246 Å². The molecule has 3 nitrogen and oxygen atoms in total. The molecule has 9 aromatic rings. The minimum Gasteiger partial charge on any atom is -0.309 e. The zero-order valence-corrected chi connectivity index (χ0v) is 31.8. The van der Waals surface area contributed by atoms with Gasteiger partial charge in [-0.2, -0.15) is 0 Å². The van der Waals surface area contributed by atoms with Crippen LogP contribution in [0.1, 0.15) is 46.2 Å². The maximum atomic E-state index is 5.55. The van der Waals surface area contributed by atoms with Crippen LogP contribution in [-0.2, 0) is 5.41 Å². The van der Waals surface area contributed by atoms with Crippen molar-refractivity contribution in [3.63, 3.8) is 0 Å². The van der Waals surface area contributed by atoms with Gasteiger partial charge in [0, 0.05) is 27.9 Å². The van der Waals surface area contributed by atoms with E-state index in [4.69, 9.17) is 9.98 Å². The standard InChI is InChI=1S/C54H41N3/c1-38-46-23-11-14-26-49(46)54(43-19-7-3-8-20-43,44-21-9-4-10-22-44)37-55-53(56-52(38)41-17-5-2-6-18-41)42-31-29-39(30-32-42)40-33-35-45(36-34-40)57-50-27-15-12-24-47(50)48-25-13-16-28-51(48)57/h2-36,38H,37H2,1H3/b55-53-,56-52+. The van der Waals surface area contributed by atoms with Gasteiger partial charge in [-0.3, -0.25) is 4.99 Å². The van der Waals surface area contributed by atoms with Crippen LogP contribution in [0.2, 0.25) is 0 Å². The number of hydrogen-bond donors (Lipinski definition) is 0. The zero-order valence-electron chi connectivity index (χ0n) is 31.8. The Morgan fingerprint density at radius 3 is 1.53 bits per heavy atom. The van der Waals surface area contributed by atoms with E-state index in [2.05, 4.69) is 224 Å². The monoisotopic (exact) mass is 731 g/mol. The Labute approximate surface area is 334 Å². The van der Waals surface area contributed by atoms with Gasteiger partial charge >= 0.3 is 0 Å². The van der Waals surface area contributed by atoms with Crippen molar-refractivity contribution in [3.8, 4) is 16.8 Å². The summed E-state index contributed by atoms with van der Waals surface area (Å²) in [6, 6.07) is 76.3. The van der Waals surface area contributed by atoms with Gasteiger partial charge in [0.05, 0.1) is 28.7 Å². The lowest BCUT2D eigenvalue weighted by Crippen LogP contribution is -2.34. The molecule has 1 aromatic heterocycles. The first-order valence-corrected chi connectivity index (χ1v) is 19.8. The lowest BCUT2D eigenvalue weighted by Gasteiger charge is -2.37. The Balaban J connectivity index is 1.09. The smallest absolute Gasteiger partial charge is 0.154 e. The molecule has 0 saturated heterocycles. The molecule has 0 saturated carbocycles. The SMILES string of the molecule is CC1/C(c2ccccc2)=N\C(c2ccc(-c3ccc(-n4c5ccccc5c5ccccc54)cc3)cc2)=N/CC(c2ccccc2)(c2ccccc2)c2ccccc21. The molecule has 1 unspecified atom stereocenters. The molecule has 0 radical (unpaired) electrons. The Kier molecular flexibility index (Phi) is 8.76. The fraction of sp³-hybridized carbons (Fsp3) is 0.0741. The van der Waals surface area contributed by atoms with E-state index in [1.165, 1.54) is 44.1 Å². The van der Waals surface area contributed by atoms with E-state index in [0.717, 1.165) is 39.5 Å². The first kappa shape index (κ1) is 34.4. The van der Waals surface area contributed by atoms with Crippen LogP contribution in [0.4, 0.5) is 0 Å². The highest BCUT2D eigenvalue weighted by Gasteiger charge is 2.40. The second-order valence-corrected chi connectivity index (χ2v) is 14.9. The summed E-state index contributed by atoms with van der Waals surface area (Å²) in [4.78, 5) is 11.1. The summed E-state index contributed by atoms with van der Waals surface area (Å²) in [7, 11) is 0. The summed E-state index contributed by atoms with van der Waals surface area (Å²) in [5, 5.41) is 2.53. The molecule has 57 heavy (non-hydrogen) atoms. The van der Waals surface area contributed by atoms with Crippen LogP contribution in [-0.4, -0.2) is 22.7 Å². The van der Waals surface area contributed by atoms with Gasteiger partial charge in [0.2, 0.25) is 0 Å². The summed E-state index contributed by atoms with van der Waals surface area (Å²) < 4.78 is 2.36. The van der Waals surface area contributed by atoms with Crippen molar-refractivity contribution in [2.24, 2.45) is 9.98 Å². The highest BCUT2D eigenvalue weighted by molar-refractivity contribution is 6.15. The van der Waals surface area contributed by atoms with Gasteiger partial charge in [0.25, 0.3) is 0 Å². The number of benzene rings is 8. The van der Waals surface area contributed by atoms with Gasteiger partial charge in [-0.05, 0) is 63.2 Å². The Bertz CT molecular complexity index is 2810. The lowest BCUT2D eigenvalue weighted by molar-refractivity contribution is 0.622. The number of aliphatic imine (C=N–C) groups is 2. The van der Waals surface area contributed by atoms with Gasteiger partial charge in [-0.15, -0.1) is 0 Å². The third-order valence-corrected chi connectivity index (χ3v) is 11.8. The number of amidine groups is 1. The second kappa shape index (κ2) is 14.5. The molecule has 0 spiro atoms. The van der Waals surface area contributed by atoms with Crippen molar-refractivity contribution in [1.29, 1.82) is 0 Å². The molecule has 8 aromatic carbocycles. The number of aromatic nitrogens is 1. The van der Waals surface area contributed by atoms with Crippen LogP contribution < -0.4 is 0 Å². The molecule has 0 fully saturated rings.